The fourth-order valence-corrected chi connectivity index (χ4v) is 2.68. The van der Waals surface area contributed by atoms with Crippen LogP contribution >= 0.6 is 34.2 Å². The van der Waals surface area contributed by atoms with Crippen LogP contribution in [0.25, 0.3) is 11.4 Å². The predicted molar refractivity (Wildman–Crippen MR) is 90.2 cm³/mol. The largest absolute Gasteiger partial charge is 0.496 e. The van der Waals surface area contributed by atoms with Gasteiger partial charge in [-0.2, -0.15) is 0 Å². The fourth-order valence-electron chi connectivity index (χ4n) is 1.92. The summed E-state index contributed by atoms with van der Waals surface area (Å²) in [6.07, 6.45) is 1.84. The van der Waals surface area contributed by atoms with Crippen molar-refractivity contribution in [2.45, 2.75) is 19.8 Å². The second-order valence-electron chi connectivity index (χ2n) is 4.26. The van der Waals surface area contributed by atoms with Gasteiger partial charge in [-0.05, 0) is 41.1 Å². The van der Waals surface area contributed by atoms with Crippen molar-refractivity contribution < 1.29 is 4.74 Å². The van der Waals surface area contributed by atoms with Crippen LogP contribution in [0.15, 0.2) is 18.2 Å². The molecule has 0 spiro atoms. The number of halogens is 2. The molecule has 4 nitrogen and oxygen atoms in total. The number of aromatic nitrogens is 2. The standard InChI is InChI=1S/C14H15ClIN3O/c1-3-5-9-12(16)13(17)19-14(18-9)11-8(15)6-4-7-10(11)20-2/h4,6-7H,3,5H2,1-2H3,(H2,17,18,19). The van der Waals surface area contributed by atoms with Gasteiger partial charge in [-0.25, -0.2) is 9.97 Å². The summed E-state index contributed by atoms with van der Waals surface area (Å²) in [5.74, 6) is 1.62. The molecule has 0 unspecified atom stereocenters. The number of anilines is 1. The molecule has 0 aliphatic rings. The Bertz CT molecular complexity index is 634. The molecule has 1 aromatic heterocycles. The second kappa shape index (κ2) is 6.58. The number of hydrogen-bond donors (Lipinski definition) is 1. The number of nitrogen functional groups attached to an aromatic ring is 1. The Kier molecular flexibility index (Phi) is 5.04. The molecule has 0 saturated carbocycles. The number of nitrogens with zero attached hydrogens (tertiary/aromatic N) is 2. The van der Waals surface area contributed by atoms with Crippen LogP contribution < -0.4 is 10.5 Å². The van der Waals surface area contributed by atoms with Crippen LogP contribution in [0.1, 0.15) is 19.0 Å². The van der Waals surface area contributed by atoms with Crippen molar-refractivity contribution in [1.82, 2.24) is 9.97 Å². The Morgan fingerprint density at radius 2 is 2.10 bits per heavy atom. The second-order valence-corrected chi connectivity index (χ2v) is 5.75. The van der Waals surface area contributed by atoms with Crippen molar-refractivity contribution in [2.75, 3.05) is 12.8 Å². The molecule has 0 atom stereocenters. The van der Waals surface area contributed by atoms with Crippen molar-refractivity contribution in [3.63, 3.8) is 0 Å². The highest BCUT2D eigenvalue weighted by atomic mass is 127. The number of hydrogen-bond acceptors (Lipinski definition) is 4. The van der Waals surface area contributed by atoms with E-state index in [4.69, 9.17) is 22.1 Å². The topological polar surface area (TPSA) is 61.0 Å². The highest BCUT2D eigenvalue weighted by molar-refractivity contribution is 14.1. The normalized spacial score (nSPS) is 10.6. The van der Waals surface area contributed by atoms with Crippen molar-refractivity contribution in [2.24, 2.45) is 0 Å². The van der Waals surface area contributed by atoms with Gasteiger partial charge >= 0.3 is 0 Å². The molecule has 1 heterocycles. The molecule has 106 valence electrons. The summed E-state index contributed by atoms with van der Waals surface area (Å²) in [4.78, 5) is 8.95. The third-order valence-corrected chi connectivity index (χ3v) is 4.34. The van der Waals surface area contributed by atoms with E-state index in [9.17, 15) is 0 Å². The zero-order valence-corrected chi connectivity index (χ0v) is 14.2. The maximum Gasteiger partial charge on any atom is 0.167 e. The summed E-state index contributed by atoms with van der Waals surface area (Å²) in [7, 11) is 1.60. The van der Waals surface area contributed by atoms with E-state index >= 15 is 0 Å². The van der Waals surface area contributed by atoms with Gasteiger partial charge in [0.15, 0.2) is 5.82 Å². The van der Waals surface area contributed by atoms with E-state index in [0.29, 0.717) is 28.0 Å². The minimum atomic E-state index is 0.473. The van der Waals surface area contributed by atoms with Crippen LogP contribution in [-0.2, 0) is 6.42 Å². The minimum Gasteiger partial charge on any atom is -0.496 e. The van der Waals surface area contributed by atoms with Crippen molar-refractivity contribution in [3.8, 4) is 17.1 Å². The Labute approximate surface area is 136 Å². The molecular weight excluding hydrogens is 389 g/mol. The van der Waals surface area contributed by atoms with Crippen LogP contribution in [0.2, 0.25) is 5.02 Å². The van der Waals surface area contributed by atoms with Crippen LogP contribution in [-0.4, -0.2) is 17.1 Å². The molecule has 2 aromatic rings. The Morgan fingerprint density at radius 1 is 1.35 bits per heavy atom. The number of methoxy groups -OCH3 is 1. The van der Waals surface area contributed by atoms with Gasteiger partial charge in [0.25, 0.3) is 0 Å². The van der Waals surface area contributed by atoms with Crippen molar-refractivity contribution >= 4 is 40.0 Å². The van der Waals surface area contributed by atoms with Crippen LogP contribution in [0, 0.1) is 3.57 Å². The Morgan fingerprint density at radius 3 is 2.75 bits per heavy atom. The molecule has 2 N–H and O–H groups in total. The first kappa shape index (κ1) is 15.3. The molecule has 0 fully saturated rings. The average Bonchev–Trinajstić information content (AvgIpc) is 2.43. The fraction of sp³-hybridized carbons (Fsp3) is 0.286. The average molecular weight is 404 g/mol. The summed E-state index contributed by atoms with van der Waals surface area (Å²) in [6.45, 7) is 2.10. The van der Waals surface area contributed by atoms with E-state index in [1.165, 1.54) is 0 Å². The van der Waals surface area contributed by atoms with Crippen molar-refractivity contribution in [1.29, 1.82) is 0 Å². The minimum absolute atomic E-state index is 0.473. The quantitative estimate of drug-likeness (QED) is 0.785. The molecule has 0 saturated heterocycles. The van der Waals surface area contributed by atoms with Gasteiger partial charge in [-0.1, -0.05) is 31.0 Å². The Hall–Kier alpha value is -1.08. The monoisotopic (exact) mass is 403 g/mol. The lowest BCUT2D eigenvalue weighted by atomic mass is 10.1. The molecule has 2 rings (SSSR count). The van der Waals surface area contributed by atoms with Crippen molar-refractivity contribution in [3.05, 3.63) is 32.5 Å². The summed E-state index contributed by atoms with van der Waals surface area (Å²) in [5, 5.41) is 0.549. The first-order valence-electron chi connectivity index (χ1n) is 6.23. The first-order valence-corrected chi connectivity index (χ1v) is 7.68. The van der Waals surface area contributed by atoms with Gasteiger partial charge in [-0.15, -0.1) is 0 Å². The molecular formula is C14H15ClIN3O. The van der Waals surface area contributed by atoms with E-state index in [-0.39, 0.29) is 0 Å². The molecule has 6 heteroatoms. The lowest BCUT2D eigenvalue weighted by Gasteiger charge is -2.12. The predicted octanol–water partition coefficient (Wildman–Crippen LogP) is 3.94. The van der Waals surface area contributed by atoms with Gasteiger partial charge in [0.1, 0.15) is 11.6 Å². The Balaban J connectivity index is 2.64. The SMILES string of the molecule is CCCc1nc(-c2c(Cl)cccc2OC)nc(N)c1I. The van der Waals surface area contributed by atoms with Gasteiger partial charge in [0, 0.05) is 0 Å². The smallest absolute Gasteiger partial charge is 0.167 e. The van der Waals surface area contributed by atoms with Gasteiger partial charge in [0.05, 0.1) is 27.0 Å². The van der Waals surface area contributed by atoms with Crippen LogP contribution in [0.5, 0.6) is 5.75 Å². The van der Waals surface area contributed by atoms with Gasteiger partial charge < -0.3 is 10.5 Å². The molecule has 0 bridgehead atoms. The van der Waals surface area contributed by atoms with E-state index < -0.39 is 0 Å². The number of rotatable bonds is 4. The number of nitrogens with two attached hydrogens (primary N) is 1. The summed E-state index contributed by atoms with van der Waals surface area (Å²) < 4.78 is 6.25. The lowest BCUT2D eigenvalue weighted by molar-refractivity contribution is 0.416. The molecule has 0 radical (unpaired) electrons. The summed E-state index contributed by atoms with van der Waals surface area (Å²) >= 11 is 8.44. The maximum absolute atomic E-state index is 6.26. The van der Waals surface area contributed by atoms with Gasteiger partial charge in [-0.3, -0.25) is 0 Å². The summed E-state index contributed by atoms with van der Waals surface area (Å²) in [5.41, 5.74) is 7.61. The van der Waals surface area contributed by atoms with E-state index in [1.807, 2.05) is 12.1 Å². The molecule has 20 heavy (non-hydrogen) atoms. The van der Waals surface area contributed by atoms with Crippen LogP contribution in [0.3, 0.4) is 0 Å². The molecule has 0 aliphatic heterocycles. The third kappa shape index (κ3) is 2.98. The first-order chi connectivity index (χ1) is 9.58. The summed E-state index contributed by atoms with van der Waals surface area (Å²) in [6, 6.07) is 5.45. The highest BCUT2D eigenvalue weighted by Gasteiger charge is 2.16. The third-order valence-electron chi connectivity index (χ3n) is 2.85. The molecule has 0 amide bonds. The highest BCUT2D eigenvalue weighted by Crippen LogP contribution is 2.35. The number of benzene rings is 1. The van der Waals surface area contributed by atoms with E-state index in [0.717, 1.165) is 22.1 Å². The lowest BCUT2D eigenvalue weighted by Crippen LogP contribution is -2.05. The zero-order valence-electron chi connectivity index (χ0n) is 11.3. The maximum atomic E-state index is 6.26. The van der Waals surface area contributed by atoms with Crippen LogP contribution in [0.4, 0.5) is 5.82 Å². The zero-order chi connectivity index (χ0) is 14.7. The number of aryl methyl sites for hydroxylation is 1. The van der Waals surface area contributed by atoms with Gasteiger partial charge in [0.2, 0.25) is 0 Å². The van der Waals surface area contributed by atoms with E-state index in [1.54, 1.807) is 13.2 Å². The number of ether oxygens (including phenoxy) is 1. The van der Waals surface area contributed by atoms with E-state index in [2.05, 4.69) is 39.5 Å². The molecule has 1 aromatic carbocycles. The molecule has 0 aliphatic carbocycles.